The van der Waals surface area contributed by atoms with Crippen molar-refractivity contribution in [2.24, 2.45) is 0 Å². The molecule has 110 valence electrons. The maximum atomic E-state index is 12.0. The molecule has 0 saturated heterocycles. The van der Waals surface area contributed by atoms with Gasteiger partial charge in [0, 0.05) is 6.61 Å². The Balaban J connectivity index is 2.60. The van der Waals surface area contributed by atoms with Crippen LogP contribution in [-0.4, -0.2) is 25.8 Å². The predicted octanol–water partition coefficient (Wildman–Crippen LogP) is 3.54. The van der Waals surface area contributed by atoms with Crippen LogP contribution in [0.15, 0.2) is 42.0 Å². The molecule has 3 nitrogen and oxygen atoms in total. The molecule has 0 bridgehead atoms. The summed E-state index contributed by atoms with van der Waals surface area (Å²) >= 11 is 0. The molecule has 1 aromatic rings. The van der Waals surface area contributed by atoms with Crippen LogP contribution in [0.5, 0.6) is 0 Å². The highest BCUT2D eigenvalue weighted by Gasteiger charge is 2.10. The number of ether oxygens (including phenoxy) is 2. The zero-order valence-corrected chi connectivity index (χ0v) is 12.4. The number of carbonyl (C=O) groups excluding carboxylic acids is 1. The van der Waals surface area contributed by atoms with Crippen LogP contribution in [0.1, 0.15) is 32.3 Å². The molecular formula is C17H24O3. The number of hydrogen-bond donors (Lipinski definition) is 0. The molecule has 0 heterocycles. The second-order valence-electron chi connectivity index (χ2n) is 4.55. The first kappa shape index (κ1) is 16.4. The Morgan fingerprint density at radius 1 is 1.20 bits per heavy atom. The van der Waals surface area contributed by atoms with Crippen molar-refractivity contribution in [3.8, 4) is 0 Å². The molecule has 0 radical (unpaired) electrons. The van der Waals surface area contributed by atoms with E-state index in [0.717, 1.165) is 12.8 Å². The zero-order valence-electron chi connectivity index (χ0n) is 12.4. The van der Waals surface area contributed by atoms with E-state index in [9.17, 15) is 4.79 Å². The standard InChI is InChI=1S/C17H24O3/c1-3-5-13-20-17(18)16(14-19-4-2)12-11-15-9-7-6-8-10-15/h6-10,12H,3-5,11,13-14H2,1-2H3. The van der Waals surface area contributed by atoms with Gasteiger partial charge in [0.05, 0.1) is 18.8 Å². The number of hydrogen-bond acceptors (Lipinski definition) is 3. The number of unbranched alkanes of at least 4 members (excludes halogenated alkanes) is 1. The zero-order chi connectivity index (χ0) is 14.6. The van der Waals surface area contributed by atoms with Crippen molar-refractivity contribution in [2.75, 3.05) is 19.8 Å². The molecule has 0 N–H and O–H groups in total. The summed E-state index contributed by atoms with van der Waals surface area (Å²) in [6.07, 6.45) is 4.53. The van der Waals surface area contributed by atoms with Gasteiger partial charge >= 0.3 is 5.97 Å². The van der Waals surface area contributed by atoms with Gasteiger partial charge in [-0.15, -0.1) is 0 Å². The van der Waals surface area contributed by atoms with E-state index in [2.05, 4.69) is 6.92 Å². The van der Waals surface area contributed by atoms with E-state index in [4.69, 9.17) is 9.47 Å². The molecule has 0 unspecified atom stereocenters. The van der Waals surface area contributed by atoms with E-state index >= 15 is 0 Å². The first-order valence-corrected chi connectivity index (χ1v) is 7.25. The van der Waals surface area contributed by atoms with E-state index in [1.165, 1.54) is 5.56 Å². The van der Waals surface area contributed by atoms with Crippen molar-refractivity contribution in [3.63, 3.8) is 0 Å². The Bertz CT molecular complexity index is 410. The number of benzene rings is 1. The fraction of sp³-hybridized carbons (Fsp3) is 0.471. The molecule has 0 saturated carbocycles. The summed E-state index contributed by atoms with van der Waals surface area (Å²) in [5.74, 6) is -0.261. The van der Waals surface area contributed by atoms with Crippen molar-refractivity contribution in [1.82, 2.24) is 0 Å². The largest absolute Gasteiger partial charge is 0.462 e. The third-order valence-electron chi connectivity index (χ3n) is 2.88. The number of carbonyl (C=O) groups is 1. The van der Waals surface area contributed by atoms with E-state index in [1.807, 2.05) is 43.3 Å². The molecule has 0 aliphatic carbocycles. The molecule has 0 aromatic heterocycles. The van der Waals surface area contributed by atoms with Crippen LogP contribution in [0.3, 0.4) is 0 Å². The molecule has 0 fully saturated rings. The normalized spacial score (nSPS) is 11.4. The van der Waals surface area contributed by atoms with Crippen LogP contribution in [0.4, 0.5) is 0 Å². The van der Waals surface area contributed by atoms with Gasteiger partial charge in [-0.05, 0) is 25.3 Å². The second kappa shape index (κ2) is 10.2. The van der Waals surface area contributed by atoms with E-state index < -0.39 is 0 Å². The first-order chi connectivity index (χ1) is 9.77. The Kier molecular flexibility index (Phi) is 8.40. The van der Waals surface area contributed by atoms with Gasteiger partial charge in [0.25, 0.3) is 0 Å². The van der Waals surface area contributed by atoms with Gasteiger partial charge in [-0.3, -0.25) is 0 Å². The average molecular weight is 276 g/mol. The Morgan fingerprint density at radius 3 is 2.60 bits per heavy atom. The van der Waals surface area contributed by atoms with Gasteiger partial charge in [-0.25, -0.2) is 4.79 Å². The third-order valence-corrected chi connectivity index (χ3v) is 2.88. The maximum absolute atomic E-state index is 12.0. The predicted molar refractivity (Wildman–Crippen MR) is 80.6 cm³/mol. The van der Waals surface area contributed by atoms with Gasteiger partial charge in [-0.1, -0.05) is 49.8 Å². The van der Waals surface area contributed by atoms with Crippen molar-refractivity contribution < 1.29 is 14.3 Å². The van der Waals surface area contributed by atoms with Crippen LogP contribution >= 0.6 is 0 Å². The Morgan fingerprint density at radius 2 is 1.95 bits per heavy atom. The SMILES string of the molecule is CCCCOC(=O)C(=CCc1ccccc1)COCC. The van der Waals surface area contributed by atoms with Crippen molar-refractivity contribution in [3.05, 3.63) is 47.5 Å². The van der Waals surface area contributed by atoms with Crippen LogP contribution in [0, 0.1) is 0 Å². The molecule has 3 heteroatoms. The smallest absolute Gasteiger partial charge is 0.336 e. The quantitative estimate of drug-likeness (QED) is 0.393. The molecular weight excluding hydrogens is 252 g/mol. The minimum atomic E-state index is -0.261. The van der Waals surface area contributed by atoms with E-state index in [0.29, 0.717) is 31.8 Å². The highest BCUT2D eigenvalue weighted by Crippen LogP contribution is 2.06. The lowest BCUT2D eigenvalue weighted by molar-refractivity contribution is -0.139. The monoisotopic (exact) mass is 276 g/mol. The summed E-state index contributed by atoms with van der Waals surface area (Å²) in [7, 11) is 0. The van der Waals surface area contributed by atoms with Crippen molar-refractivity contribution in [1.29, 1.82) is 0 Å². The molecule has 0 aliphatic rings. The van der Waals surface area contributed by atoms with Gasteiger partial charge in [0.2, 0.25) is 0 Å². The number of esters is 1. The van der Waals surface area contributed by atoms with Gasteiger partial charge in [-0.2, -0.15) is 0 Å². The van der Waals surface area contributed by atoms with E-state index in [-0.39, 0.29) is 5.97 Å². The van der Waals surface area contributed by atoms with Crippen LogP contribution in [-0.2, 0) is 20.7 Å². The number of rotatable bonds is 9. The summed E-state index contributed by atoms with van der Waals surface area (Å²) in [6.45, 7) is 5.36. The third kappa shape index (κ3) is 6.53. The van der Waals surface area contributed by atoms with Crippen molar-refractivity contribution >= 4 is 5.97 Å². The summed E-state index contributed by atoms with van der Waals surface area (Å²) in [6, 6.07) is 10.0. The first-order valence-electron chi connectivity index (χ1n) is 7.25. The van der Waals surface area contributed by atoms with E-state index in [1.54, 1.807) is 0 Å². The van der Waals surface area contributed by atoms with Crippen molar-refractivity contribution in [2.45, 2.75) is 33.1 Å². The molecule has 0 atom stereocenters. The summed E-state index contributed by atoms with van der Waals surface area (Å²) in [5, 5.41) is 0. The van der Waals surface area contributed by atoms with Crippen LogP contribution in [0.25, 0.3) is 0 Å². The lowest BCUT2D eigenvalue weighted by atomic mass is 10.1. The Hall–Kier alpha value is -1.61. The molecule has 0 spiro atoms. The average Bonchev–Trinajstić information content (AvgIpc) is 2.48. The lowest BCUT2D eigenvalue weighted by Crippen LogP contribution is -2.14. The minimum Gasteiger partial charge on any atom is -0.462 e. The molecule has 20 heavy (non-hydrogen) atoms. The summed E-state index contributed by atoms with van der Waals surface area (Å²) in [5.41, 5.74) is 1.77. The highest BCUT2D eigenvalue weighted by molar-refractivity contribution is 5.88. The fourth-order valence-corrected chi connectivity index (χ4v) is 1.67. The molecule has 0 aliphatic heterocycles. The minimum absolute atomic E-state index is 0.261. The summed E-state index contributed by atoms with van der Waals surface area (Å²) in [4.78, 5) is 12.0. The second-order valence-corrected chi connectivity index (χ2v) is 4.55. The molecule has 0 amide bonds. The summed E-state index contributed by atoms with van der Waals surface area (Å²) < 4.78 is 10.6. The molecule has 1 rings (SSSR count). The number of allylic oxidation sites excluding steroid dienone is 1. The lowest BCUT2D eigenvalue weighted by Gasteiger charge is -2.08. The van der Waals surface area contributed by atoms with Gasteiger partial charge < -0.3 is 9.47 Å². The molecule has 1 aromatic carbocycles. The Labute approximate surface area is 121 Å². The maximum Gasteiger partial charge on any atom is 0.336 e. The van der Waals surface area contributed by atoms with Crippen LogP contribution < -0.4 is 0 Å². The van der Waals surface area contributed by atoms with Gasteiger partial charge in [0.1, 0.15) is 0 Å². The van der Waals surface area contributed by atoms with Gasteiger partial charge in [0.15, 0.2) is 0 Å². The van der Waals surface area contributed by atoms with Crippen LogP contribution in [0.2, 0.25) is 0 Å². The highest BCUT2D eigenvalue weighted by atomic mass is 16.5. The topological polar surface area (TPSA) is 35.5 Å². The fourth-order valence-electron chi connectivity index (χ4n) is 1.67.